The third-order valence-corrected chi connectivity index (χ3v) is 5.24. The van der Waals surface area contributed by atoms with Crippen molar-refractivity contribution in [2.45, 2.75) is 18.9 Å². The summed E-state index contributed by atoms with van der Waals surface area (Å²) in [7, 11) is 2.85. The maximum Gasteiger partial charge on any atom is 0.356 e. The molecule has 7 heteroatoms. The number of benzene rings is 1. The molecule has 0 atom stereocenters. The number of methoxy groups -OCH3 is 2. The molecule has 32 heavy (non-hydrogen) atoms. The van der Waals surface area contributed by atoms with Gasteiger partial charge in [0.2, 0.25) is 0 Å². The van der Waals surface area contributed by atoms with E-state index in [2.05, 4.69) is 28.2 Å². The van der Waals surface area contributed by atoms with Crippen molar-refractivity contribution in [1.29, 1.82) is 5.26 Å². The van der Waals surface area contributed by atoms with Crippen LogP contribution in [-0.2, 0) is 17.6 Å². The molecule has 0 aliphatic heterocycles. The largest absolute Gasteiger partial charge is 0.491 e. The highest BCUT2D eigenvalue weighted by molar-refractivity contribution is 5.91. The number of nitrogens with zero attached hydrogens (tertiary/aromatic N) is 3. The van der Waals surface area contributed by atoms with Crippen LogP contribution in [0.4, 0.5) is 0 Å². The number of carbonyl (C=O) groups is 1. The fourth-order valence-corrected chi connectivity index (χ4v) is 3.68. The van der Waals surface area contributed by atoms with Crippen molar-refractivity contribution in [3.05, 3.63) is 82.9 Å². The van der Waals surface area contributed by atoms with Gasteiger partial charge in [0, 0.05) is 25.1 Å². The van der Waals surface area contributed by atoms with Gasteiger partial charge >= 0.3 is 5.97 Å². The third-order valence-electron chi connectivity index (χ3n) is 5.24. The SMILES string of the molecule is COC(=O)c1cc(C=C(C#N)c2cc(OC3Cc4ccccc4C3)c(OC)cn2)ccn1. The second-order valence-corrected chi connectivity index (χ2v) is 7.27. The first-order valence-corrected chi connectivity index (χ1v) is 10.0. The van der Waals surface area contributed by atoms with E-state index in [-0.39, 0.29) is 11.8 Å². The van der Waals surface area contributed by atoms with E-state index in [4.69, 9.17) is 14.2 Å². The Bertz CT molecular complexity index is 1200. The molecule has 0 N–H and O–H groups in total. The van der Waals surface area contributed by atoms with Gasteiger partial charge in [-0.3, -0.25) is 4.98 Å². The smallest absolute Gasteiger partial charge is 0.356 e. The Balaban J connectivity index is 1.62. The lowest BCUT2D eigenvalue weighted by Gasteiger charge is -2.16. The third kappa shape index (κ3) is 4.44. The van der Waals surface area contributed by atoms with Crippen molar-refractivity contribution in [2.24, 2.45) is 0 Å². The molecule has 2 aromatic heterocycles. The summed E-state index contributed by atoms with van der Waals surface area (Å²) in [6, 6.07) is 15.4. The minimum absolute atomic E-state index is 0.0196. The molecule has 0 fully saturated rings. The summed E-state index contributed by atoms with van der Waals surface area (Å²) >= 11 is 0. The van der Waals surface area contributed by atoms with Crippen molar-refractivity contribution >= 4 is 17.6 Å². The Morgan fingerprint density at radius 2 is 1.81 bits per heavy atom. The van der Waals surface area contributed by atoms with Gasteiger partial charge in [0.25, 0.3) is 0 Å². The number of rotatable bonds is 6. The number of aromatic nitrogens is 2. The average molecular weight is 427 g/mol. The van der Waals surface area contributed by atoms with E-state index in [0.29, 0.717) is 28.3 Å². The summed E-state index contributed by atoms with van der Waals surface area (Å²) < 4.78 is 16.4. The molecule has 0 bridgehead atoms. The molecule has 0 unspecified atom stereocenters. The lowest BCUT2D eigenvalue weighted by Crippen LogP contribution is -2.17. The molecule has 7 nitrogen and oxygen atoms in total. The normalized spacial score (nSPS) is 13.2. The lowest BCUT2D eigenvalue weighted by molar-refractivity contribution is 0.0594. The van der Waals surface area contributed by atoms with Gasteiger partial charge in [-0.05, 0) is 34.9 Å². The van der Waals surface area contributed by atoms with Gasteiger partial charge in [0.05, 0.1) is 31.7 Å². The standard InChI is InChI=1S/C25H21N3O4/c1-30-24-15-28-21(13-23(24)32-20-11-17-5-3-4-6-18(17)12-20)19(14-26)9-16-7-8-27-22(10-16)25(29)31-2/h3-10,13,15,20H,11-12H2,1-2H3. The van der Waals surface area contributed by atoms with Gasteiger partial charge in [-0.1, -0.05) is 24.3 Å². The molecule has 1 aliphatic rings. The number of ether oxygens (including phenoxy) is 3. The highest BCUT2D eigenvalue weighted by Crippen LogP contribution is 2.33. The van der Waals surface area contributed by atoms with Crippen LogP contribution in [0.3, 0.4) is 0 Å². The van der Waals surface area contributed by atoms with E-state index >= 15 is 0 Å². The molecule has 0 amide bonds. The van der Waals surface area contributed by atoms with Crippen LogP contribution in [0, 0.1) is 11.3 Å². The summed E-state index contributed by atoms with van der Waals surface area (Å²) in [5, 5.41) is 9.75. The Morgan fingerprint density at radius 1 is 1.06 bits per heavy atom. The Kier molecular flexibility index (Phi) is 6.13. The van der Waals surface area contributed by atoms with E-state index in [0.717, 1.165) is 12.8 Å². The van der Waals surface area contributed by atoms with Crippen LogP contribution in [0.5, 0.6) is 11.5 Å². The minimum Gasteiger partial charge on any atom is -0.491 e. The molecule has 1 aliphatic carbocycles. The number of carbonyl (C=O) groups excluding carboxylic acids is 1. The number of esters is 1. The zero-order valence-corrected chi connectivity index (χ0v) is 17.7. The first-order valence-electron chi connectivity index (χ1n) is 10.0. The molecule has 0 spiro atoms. The van der Waals surface area contributed by atoms with Crippen molar-refractivity contribution in [3.8, 4) is 17.6 Å². The highest BCUT2D eigenvalue weighted by atomic mass is 16.5. The van der Waals surface area contributed by atoms with Crippen molar-refractivity contribution in [1.82, 2.24) is 9.97 Å². The minimum atomic E-state index is -0.547. The molecule has 4 rings (SSSR count). The van der Waals surface area contributed by atoms with E-state index in [1.54, 1.807) is 37.6 Å². The van der Waals surface area contributed by atoms with E-state index in [1.807, 2.05) is 12.1 Å². The Hall–Kier alpha value is -4.18. The number of hydrogen-bond acceptors (Lipinski definition) is 7. The quantitative estimate of drug-likeness (QED) is 0.435. The van der Waals surface area contributed by atoms with Crippen LogP contribution >= 0.6 is 0 Å². The summed E-state index contributed by atoms with van der Waals surface area (Å²) in [5.41, 5.74) is 4.10. The van der Waals surface area contributed by atoms with Crippen LogP contribution in [-0.4, -0.2) is 36.3 Å². The predicted molar refractivity (Wildman–Crippen MR) is 118 cm³/mol. The van der Waals surface area contributed by atoms with Gasteiger partial charge in [0.15, 0.2) is 11.5 Å². The maximum atomic E-state index is 11.7. The van der Waals surface area contributed by atoms with E-state index in [9.17, 15) is 10.1 Å². The molecule has 3 aromatic rings. The second-order valence-electron chi connectivity index (χ2n) is 7.27. The van der Waals surface area contributed by atoms with Crippen molar-refractivity contribution < 1.29 is 19.0 Å². The molecule has 0 radical (unpaired) electrons. The highest BCUT2D eigenvalue weighted by Gasteiger charge is 2.24. The second kappa shape index (κ2) is 9.31. The molecule has 0 saturated carbocycles. The first kappa shape index (κ1) is 21.1. The molecule has 0 saturated heterocycles. The van der Waals surface area contributed by atoms with Crippen LogP contribution in [0.15, 0.2) is 54.9 Å². The van der Waals surface area contributed by atoms with E-state index in [1.165, 1.54) is 24.4 Å². The molecular weight excluding hydrogens is 406 g/mol. The number of nitriles is 1. The number of hydrogen-bond donors (Lipinski definition) is 0. The van der Waals surface area contributed by atoms with Gasteiger partial charge in [-0.15, -0.1) is 0 Å². The topological polar surface area (TPSA) is 94.3 Å². The summed E-state index contributed by atoms with van der Waals surface area (Å²) in [5.74, 6) is 0.481. The zero-order valence-electron chi connectivity index (χ0n) is 17.7. The fraction of sp³-hybridized carbons (Fsp3) is 0.200. The monoisotopic (exact) mass is 427 g/mol. The fourth-order valence-electron chi connectivity index (χ4n) is 3.68. The van der Waals surface area contributed by atoms with Crippen LogP contribution < -0.4 is 9.47 Å². The van der Waals surface area contributed by atoms with Crippen LogP contribution in [0.2, 0.25) is 0 Å². The van der Waals surface area contributed by atoms with Gasteiger partial charge < -0.3 is 14.2 Å². The van der Waals surface area contributed by atoms with Gasteiger partial charge in [-0.25, -0.2) is 9.78 Å². The molecule has 2 heterocycles. The van der Waals surface area contributed by atoms with Crippen molar-refractivity contribution in [3.63, 3.8) is 0 Å². The average Bonchev–Trinajstić information content (AvgIpc) is 3.24. The number of allylic oxidation sites excluding steroid dienone is 1. The molecule has 160 valence electrons. The lowest BCUT2D eigenvalue weighted by atomic mass is 10.1. The van der Waals surface area contributed by atoms with Crippen molar-refractivity contribution in [2.75, 3.05) is 14.2 Å². The van der Waals surface area contributed by atoms with Gasteiger partial charge in [0.1, 0.15) is 17.9 Å². The van der Waals surface area contributed by atoms with E-state index < -0.39 is 5.97 Å². The van der Waals surface area contributed by atoms with Gasteiger partial charge in [-0.2, -0.15) is 5.26 Å². The predicted octanol–water partition coefficient (Wildman–Crippen LogP) is 3.88. The first-order chi connectivity index (χ1) is 15.6. The molecule has 1 aromatic carbocycles. The Morgan fingerprint density at radius 3 is 2.47 bits per heavy atom. The number of fused-ring (bicyclic) bond motifs is 1. The summed E-state index contributed by atoms with van der Waals surface area (Å²) in [6.07, 6.45) is 6.27. The summed E-state index contributed by atoms with van der Waals surface area (Å²) in [4.78, 5) is 20.1. The zero-order chi connectivity index (χ0) is 22.5. The Labute approximate surface area is 185 Å². The van der Waals surface area contributed by atoms with Crippen LogP contribution in [0.1, 0.15) is 32.9 Å². The molecular formula is C25H21N3O4. The maximum absolute atomic E-state index is 11.7. The van der Waals surface area contributed by atoms with Crippen LogP contribution in [0.25, 0.3) is 11.6 Å². The summed E-state index contributed by atoms with van der Waals surface area (Å²) in [6.45, 7) is 0. The number of pyridine rings is 2.